The largest absolute Gasteiger partial charge is 0.497 e. The number of carbonyl (C=O) groups is 1. The number of likely N-dealkylation sites (tertiary alicyclic amines) is 1. The zero-order chi connectivity index (χ0) is 18.1. The third kappa shape index (κ3) is 6.62. The van der Waals surface area contributed by atoms with Gasteiger partial charge in [0.1, 0.15) is 5.75 Å². The first kappa shape index (κ1) is 19.1. The molecular weight excluding hydrogens is 320 g/mol. The van der Waals surface area contributed by atoms with Gasteiger partial charge < -0.3 is 20.6 Å². The summed E-state index contributed by atoms with van der Waals surface area (Å²) in [5, 5.41) is 6.62. The van der Waals surface area contributed by atoms with Crippen molar-refractivity contribution in [2.75, 3.05) is 26.8 Å². The topological polar surface area (TPSA) is 89.2 Å². The molecule has 1 aromatic rings. The van der Waals surface area contributed by atoms with Gasteiger partial charge in [-0.1, -0.05) is 23.7 Å². The van der Waals surface area contributed by atoms with Gasteiger partial charge in [-0.05, 0) is 44.0 Å². The van der Waals surface area contributed by atoms with E-state index >= 15 is 0 Å². The molecule has 0 unspecified atom stereocenters. The number of benzene rings is 1. The number of piperidine rings is 1. The summed E-state index contributed by atoms with van der Waals surface area (Å²) in [5.41, 5.74) is 6.87. The lowest BCUT2D eigenvalue weighted by molar-refractivity contribution is -0.125. The van der Waals surface area contributed by atoms with E-state index in [0.29, 0.717) is 25.0 Å². The van der Waals surface area contributed by atoms with Crippen molar-refractivity contribution in [3.05, 3.63) is 29.8 Å². The lowest BCUT2D eigenvalue weighted by Crippen LogP contribution is -2.43. The molecule has 1 amide bonds. The molecule has 7 heteroatoms. The number of amidine groups is 1. The van der Waals surface area contributed by atoms with Gasteiger partial charge >= 0.3 is 0 Å². The number of nitrogens with two attached hydrogens (primary N) is 1. The second kappa shape index (κ2) is 9.88. The summed E-state index contributed by atoms with van der Waals surface area (Å²) in [5.74, 6) is 0.946. The van der Waals surface area contributed by atoms with Crippen LogP contribution < -0.4 is 15.8 Å². The van der Waals surface area contributed by atoms with Crippen molar-refractivity contribution in [2.45, 2.75) is 38.8 Å². The van der Waals surface area contributed by atoms with Gasteiger partial charge in [0, 0.05) is 12.6 Å². The third-order valence-corrected chi connectivity index (χ3v) is 4.33. The maximum absolute atomic E-state index is 11.8. The summed E-state index contributed by atoms with van der Waals surface area (Å²) < 4.78 is 5.09. The first-order valence-corrected chi connectivity index (χ1v) is 8.66. The molecule has 1 saturated heterocycles. The van der Waals surface area contributed by atoms with E-state index in [0.717, 1.165) is 17.9 Å². The van der Waals surface area contributed by atoms with Gasteiger partial charge in [-0.2, -0.15) is 0 Å². The Labute approximate surface area is 149 Å². The van der Waals surface area contributed by atoms with Crippen LogP contribution in [0.25, 0.3) is 0 Å². The molecule has 138 valence electrons. The number of oxime groups is 1. The minimum absolute atomic E-state index is 0.146. The highest BCUT2D eigenvalue weighted by Gasteiger charge is 2.18. The predicted octanol–water partition coefficient (Wildman–Crippen LogP) is 1.47. The van der Waals surface area contributed by atoms with Crippen molar-refractivity contribution < 1.29 is 14.4 Å². The maximum atomic E-state index is 11.8. The zero-order valence-corrected chi connectivity index (χ0v) is 15.0. The smallest absolute Gasteiger partial charge is 0.261 e. The molecule has 0 saturated carbocycles. The van der Waals surface area contributed by atoms with E-state index < -0.39 is 0 Å². The Morgan fingerprint density at radius 1 is 1.36 bits per heavy atom. The molecular formula is C18H28N4O3. The predicted molar refractivity (Wildman–Crippen MR) is 97.3 cm³/mol. The van der Waals surface area contributed by atoms with Crippen molar-refractivity contribution in [3.63, 3.8) is 0 Å². The van der Waals surface area contributed by atoms with Gasteiger partial charge in [-0.15, -0.1) is 0 Å². The number of rotatable bonds is 8. The van der Waals surface area contributed by atoms with E-state index in [2.05, 4.69) is 22.3 Å². The highest BCUT2D eigenvalue weighted by Crippen LogP contribution is 2.15. The molecule has 0 aromatic heterocycles. The van der Waals surface area contributed by atoms with E-state index in [1.165, 1.54) is 19.3 Å². The van der Waals surface area contributed by atoms with Gasteiger partial charge in [0.25, 0.3) is 5.91 Å². The summed E-state index contributed by atoms with van der Waals surface area (Å²) in [6, 6.07) is 8.01. The summed E-state index contributed by atoms with van der Waals surface area (Å²) >= 11 is 0. The fourth-order valence-corrected chi connectivity index (χ4v) is 2.80. The minimum Gasteiger partial charge on any atom is -0.497 e. The fourth-order valence-electron chi connectivity index (χ4n) is 2.80. The molecule has 1 heterocycles. The van der Waals surface area contributed by atoms with Crippen LogP contribution in [0.2, 0.25) is 0 Å². The average Bonchev–Trinajstić information content (AvgIpc) is 2.62. The van der Waals surface area contributed by atoms with E-state index in [9.17, 15) is 4.79 Å². The molecule has 1 fully saturated rings. The monoisotopic (exact) mass is 348 g/mol. The summed E-state index contributed by atoms with van der Waals surface area (Å²) in [6.45, 7) is 4.08. The summed E-state index contributed by atoms with van der Waals surface area (Å²) in [7, 11) is 1.62. The SMILES string of the molecule is COc1ccc(CNC(=O)CO/N=C(\N)CN2CCCC[C@H]2C)cc1. The Kier molecular flexibility index (Phi) is 7.53. The molecule has 7 nitrogen and oxygen atoms in total. The van der Waals surface area contributed by atoms with Crippen LogP contribution in [0.4, 0.5) is 0 Å². The van der Waals surface area contributed by atoms with E-state index in [-0.39, 0.29) is 12.5 Å². The number of methoxy groups -OCH3 is 1. The van der Waals surface area contributed by atoms with E-state index in [4.69, 9.17) is 15.3 Å². The number of ether oxygens (including phenoxy) is 1. The zero-order valence-electron chi connectivity index (χ0n) is 15.0. The lowest BCUT2D eigenvalue weighted by atomic mass is 10.0. The van der Waals surface area contributed by atoms with Crippen molar-refractivity contribution >= 4 is 11.7 Å². The van der Waals surface area contributed by atoms with Gasteiger partial charge in [0.15, 0.2) is 12.4 Å². The first-order chi connectivity index (χ1) is 12.1. The standard InChI is InChI=1S/C18H28N4O3/c1-14-5-3-4-10-22(14)12-17(19)21-25-13-18(23)20-11-15-6-8-16(24-2)9-7-15/h6-9,14H,3-5,10-13H2,1-2H3,(H2,19,21)(H,20,23)/t14-/m1/s1. The molecule has 1 aromatic carbocycles. The highest BCUT2D eigenvalue weighted by atomic mass is 16.6. The molecule has 3 N–H and O–H groups in total. The summed E-state index contributed by atoms with van der Waals surface area (Å²) in [4.78, 5) is 19.1. The number of amides is 1. The molecule has 1 atom stereocenters. The average molecular weight is 348 g/mol. The highest BCUT2D eigenvalue weighted by molar-refractivity contribution is 5.82. The van der Waals surface area contributed by atoms with Gasteiger partial charge in [0.05, 0.1) is 13.7 Å². The Balaban J connectivity index is 1.66. The van der Waals surface area contributed by atoms with E-state index in [1.54, 1.807) is 7.11 Å². The van der Waals surface area contributed by atoms with Crippen LogP contribution in [0.5, 0.6) is 5.75 Å². The Morgan fingerprint density at radius 3 is 2.80 bits per heavy atom. The first-order valence-electron chi connectivity index (χ1n) is 8.66. The normalized spacial score (nSPS) is 18.6. The van der Waals surface area contributed by atoms with Crippen molar-refractivity contribution in [1.29, 1.82) is 0 Å². The Morgan fingerprint density at radius 2 is 2.12 bits per heavy atom. The second-order valence-corrected chi connectivity index (χ2v) is 6.30. The second-order valence-electron chi connectivity index (χ2n) is 6.30. The molecule has 2 rings (SSSR count). The van der Waals surface area contributed by atoms with E-state index in [1.807, 2.05) is 24.3 Å². The number of hydrogen-bond donors (Lipinski definition) is 2. The number of hydrogen-bond acceptors (Lipinski definition) is 5. The third-order valence-electron chi connectivity index (χ3n) is 4.33. The maximum Gasteiger partial charge on any atom is 0.261 e. The van der Waals surface area contributed by atoms with Crippen LogP contribution in [0.1, 0.15) is 31.7 Å². The number of nitrogens with zero attached hydrogens (tertiary/aromatic N) is 2. The van der Waals surface area contributed by atoms with Crippen molar-refractivity contribution in [1.82, 2.24) is 10.2 Å². The number of nitrogens with one attached hydrogen (secondary N) is 1. The van der Waals surface area contributed by atoms with Gasteiger partial charge in [-0.25, -0.2) is 0 Å². The summed E-state index contributed by atoms with van der Waals surface area (Å²) in [6.07, 6.45) is 3.63. The van der Waals surface area contributed by atoms with Crippen LogP contribution in [0.3, 0.4) is 0 Å². The van der Waals surface area contributed by atoms with Gasteiger partial charge in [0.2, 0.25) is 0 Å². The quantitative estimate of drug-likeness (QED) is 0.422. The van der Waals surface area contributed by atoms with Crippen LogP contribution in [0, 0.1) is 0 Å². The molecule has 0 radical (unpaired) electrons. The minimum atomic E-state index is -0.237. The molecule has 0 aliphatic carbocycles. The molecule has 0 spiro atoms. The van der Waals surface area contributed by atoms with Crippen molar-refractivity contribution in [3.8, 4) is 5.75 Å². The van der Waals surface area contributed by atoms with Crippen LogP contribution >= 0.6 is 0 Å². The Hall–Kier alpha value is -2.28. The molecule has 0 bridgehead atoms. The van der Waals surface area contributed by atoms with Crippen molar-refractivity contribution in [2.24, 2.45) is 10.9 Å². The van der Waals surface area contributed by atoms with Crippen LogP contribution in [-0.4, -0.2) is 49.5 Å². The van der Waals surface area contributed by atoms with Crippen LogP contribution in [0.15, 0.2) is 29.4 Å². The molecule has 1 aliphatic heterocycles. The van der Waals surface area contributed by atoms with Gasteiger partial charge in [-0.3, -0.25) is 9.69 Å². The fraction of sp³-hybridized carbons (Fsp3) is 0.556. The molecule has 1 aliphatic rings. The van der Waals surface area contributed by atoms with Crippen LogP contribution in [-0.2, 0) is 16.2 Å². The lowest BCUT2D eigenvalue weighted by Gasteiger charge is -2.32. The number of carbonyl (C=O) groups excluding carboxylic acids is 1. The molecule has 25 heavy (non-hydrogen) atoms. The Bertz CT molecular complexity index is 574.